The Morgan fingerprint density at radius 1 is 1.20 bits per heavy atom. The first kappa shape index (κ1) is 14.9. The molecule has 0 radical (unpaired) electrons. The Bertz CT molecular complexity index is 443. The third-order valence-electron chi connectivity index (χ3n) is 3.90. The third kappa shape index (κ3) is 3.73. The topological polar surface area (TPSA) is 32.8 Å². The normalized spacial score (nSPS) is 27.8. The largest absolute Gasteiger partial charge is 0.495 e. The first-order valence-electron chi connectivity index (χ1n) is 7.19. The van der Waals surface area contributed by atoms with E-state index in [-0.39, 0.29) is 5.78 Å². The van der Waals surface area contributed by atoms with E-state index in [9.17, 15) is 4.79 Å². The van der Waals surface area contributed by atoms with Gasteiger partial charge in [0.2, 0.25) is 0 Å². The lowest BCUT2D eigenvalue weighted by atomic mass is 10.1. The Morgan fingerprint density at radius 2 is 1.90 bits per heavy atom. The van der Waals surface area contributed by atoms with Gasteiger partial charge < -0.3 is 14.5 Å². The van der Waals surface area contributed by atoms with Gasteiger partial charge in [-0.2, -0.15) is 0 Å². The Balaban J connectivity index is 2.25. The summed E-state index contributed by atoms with van der Waals surface area (Å²) >= 11 is 0. The number of piperazine rings is 1. The van der Waals surface area contributed by atoms with Gasteiger partial charge in [0, 0.05) is 39.0 Å². The molecule has 1 aliphatic heterocycles. The van der Waals surface area contributed by atoms with Gasteiger partial charge in [0.25, 0.3) is 0 Å². The van der Waals surface area contributed by atoms with Crippen molar-refractivity contribution in [3.8, 4) is 0 Å². The summed E-state index contributed by atoms with van der Waals surface area (Å²) in [7, 11) is 3.81. The zero-order valence-corrected chi connectivity index (χ0v) is 12.5. The second-order valence-electron chi connectivity index (χ2n) is 5.49. The lowest BCUT2D eigenvalue weighted by molar-refractivity contribution is -0.118. The number of rotatable bonds is 2. The highest BCUT2D eigenvalue weighted by Crippen LogP contribution is 2.23. The molecular formula is C16H24N2O2. The van der Waals surface area contributed by atoms with Gasteiger partial charge >= 0.3 is 0 Å². The van der Waals surface area contributed by atoms with Crippen molar-refractivity contribution >= 4 is 5.78 Å². The molecule has 0 aromatic rings. The summed E-state index contributed by atoms with van der Waals surface area (Å²) in [6.07, 6.45) is 5.74. The quantitative estimate of drug-likeness (QED) is 0.772. The fraction of sp³-hybridized carbons (Fsp3) is 0.562. The predicted molar refractivity (Wildman–Crippen MR) is 80.2 cm³/mol. The van der Waals surface area contributed by atoms with Crippen molar-refractivity contribution in [1.82, 2.24) is 9.80 Å². The molecule has 0 spiro atoms. The molecule has 0 aromatic heterocycles. The van der Waals surface area contributed by atoms with E-state index >= 15 is 0 Å². The molecule has 4 heteroatoms. The van der Waals surface area contributed by atoms with E-state index in [1.165, 1.54) is 0 Å². The van der Waals surface area contributed by atoms with E-state index in [0.29, 0.717) is 12.8 Å². The van der Waals surface area contributed by atoms with Crippen LogP contribution in [0.3, 0.4) is 0 Å². The monoisotopic (exact) mass is 276 g/mol. The fourth-order valence-electron chi connectivity index (χ4n) is 2.53. The van der Waals surface area contributed by atoms with Crippen molar-refractivity contribution in [3.05, 3.63) is 35.8 Å². The van der Waals surface area contributed by atoms with E-state index in [2.05, 4.69) is 29.5 Å². The van der Waals surface area contributed by atoms with Crippen LogP contribution in [0.4, 0.5) is 0 Å². The summed E-state index contributed by atoms with van der Waals surface area (Å²) in [5.41, 5.74) is 2.07. The molecule has 0 amide bonds. The number of hydrogen-bond acceptors (Lipinski definition) is 4. The van der Waals surface area contributed by atoms with E-state index in [1.807, 2.05) is 6.08 Å². The van der Waals surface area contributed by atoms with Crippen LogP contribution < -0.4 is 0 Å². The zero-order chi connectivity index (χ0) is 14.5. The third-order valence-corrected chi connectivity index (χ3v) is 3.90. The Hall–Kier alpha value is -1.55. The number of ether oxygens (including phenoxy) is 1. The number of hydrogen-bond donors (Lipinski definition) is 0. The van der Waals surface area contributed by atoms with Crippen LogP contribution in [0.5, 0.6) is 0 Å². The smallest absolute Gasteiger partial charge is 0.138 e. The van der Waals surface area contributed by atoms with Crippen LogP contribution in [0.1, 0.15) is 19.3 Å². The molecular weight excluding hydrogens is 252 g/mol. The molecule has 2 rings (SSSR count). The Morgan fingerprint density at radius 3 is 2.55 bits per heavy atom. The minimum absolute atomic E-state index is 0.244. The zero-order valence-electron chi connectivity index (χ0n) is 12.5. The standard InChI is InChI=1S/C16H24N2O2/c1-13-4-5-14(19)6-7-16(20-3)15(12-13)18-10-8-17(2)9-11-18/h7,12H,1,4-6,8-11H2,2-3H3/b15-12+,16-7+. The van der Waals surface area contributed by atoms with Gasteiger partial charge in [0.1, 0.15) is 11.5 Å². The highest BCUT2D eigenvalue weighted by atomic mass is 16.5. The highest BCUT2D eigenvalue weighted by molar-refractivity contribution is 5.80. The van der Waals surface area contributed by atoms with E-state index in [0.717, 1.165) is 49.6 Å². The molecule has 0 bridgehead atoms. The maximum absolute atomic E-state index is 11.7. The van der Waals surface area contributed by atoms with E-state index < -0.39 is 0 Å². The number of Topliss-reactive ketones (excluding diaryl/α,β-unsaturated/α-hetero) is 1. The molecule has 0 saturated carbocycles. The molecule has 1 saturated heterocycles. The lowest BCUT2D eigenvalue weighted by Crippen LogP contribution is -2.44. The Labute approximate surface area is 121 Å². The van der Waals surface area contributed by atoms with Gasteiger partial charge in [-0.25, -0.2) is 0 Å². The first-order chi connectivity index (χ1) is 9.60. The van der Waals surface area contributed by atoms with Crippen LogP contribution in [0.2, 0.25) is 0 Å². The summed E-state index contributed by atoms with van der Waals surface area (Å²) in [6, 6.07) is 0. The van der Waals surface area contributed by atoms with Crippen molar-refractivity contribution in [3.63, 3.8) is 0 Å². The van der Waals surface area contributed by atoms with Gasteiger partial charge in [-0.3, -0.25) is 4.79 Å². The average molecular weight is 276 g/mol. The number of likely N-dealkylation sites (N-methyl/N-ethyl adjacent to an activating group) is 1. The van der Waals surface area contributed by atoms with Gasteiger partial charge in [0.15, 0.2) is 0 Å². The highest BCUT2D eigenvalue weighted by Gasteiger charge is 2.21. The number of allylic oxidation sites excluding steroid dienone is 3. The fourth-order valence-corrected chi connectivity index (χ4v) is 2.53. The number of carbonyl (C=O) groups excluding carboxylic acids is 1. The molecule has 0 unspecified atom stereocenters. The summed E-state index contributed by atoms with van der Waals surface area (Å²) in [6.45, 7) is 8.11. The molecule has 1 fully saturated rings. The molecule has 4 nitrogen and oxygen atoms in total. The van der Waals surface area contributed by atoms with E-state index in [1.54, 1.807) is 7.11 Å². The average Bonchev–Trinajstić information content (AvgIpc) is 2.51. The van der Waals surface area contributed by atoms with Crippen molar-refractivity contribution in [2.24, 2.45) is 0 Å². The number of nitrogens with zero attached hydrogens (tertiary/aromatic N) is 2. The SMILES string of the molecule is C=C1/C=C(N2CCN(C)CC2)\C(OC)=C/CC(=O)CC1. The maximum atomic E-state index is 11.7. The van der Waals surface area contributed by atoms with Gasteiger partial charge in [-0.05, 0) is 25.6 Å². The van der Waals surface area contributed by atoms with Crippen LogP contribution in [0, 0.1) is 0 Å². The van der Waals surface area contributed by atoms with Crippen LogP contribution >= 0.6 is 0 Å². The number of ketones is 1. The molecule has 2 aliphatic rings. The molecule has 0 atom stereocenters. The van der Waals surface area contributed by atoms with Crippen LogP contribution in [-0.2, 0) is 9.53 Å². The van der Waals surface area contributed by atoms with Crippen molar-refractivity contribution in [1.29, 1.82) is 0 Å². The van der Waals surface area contributed by atoms with Crippen LogP contribution in [-0.4, -0.2) is 55.9 Å². The molecule has 0 aromatic carbocycles. The summed E-state index contributed by atoms with van der Waals surface area (Å²) in [4.78, 5) is 16.4. The molecule has 0 N–H and O–H groups in total. The molecule has 110 valence electrons. The molecule has 1 heterocycles. The van der Waals surface area contributed by atoms with Crippen LogP contribution in [0.15, 0.2) is 35.8 Å². The summed E-state index contributed by atoms with van der Waals surface area (Å²) in [5, 5.41) is 0. The minimum atomic E-state index is 0.244. The van der Waals surface area contributed by atoms with Gasteiger partial charge in [-0.15, -0.1) is 0 Å². The number of methoxy groups -OCH3 is 1. The number of carbonyl (C=O) groups is 1. The van der Waals surface area contributed by atoms with E-state index in [4.69, 9.17) is 4.74 Å². The Kier molecular flexibility index (Phi) is 5.01. The van der Waals surface area contributed by atoms with Gasteiger partial charge in [0.05, 0.1) is 12.8 Å². The first-order valence-corrected chi connectivity index (χ1v) is 7.19. The van der Waals surface area contributed by atoms with Crippen LogP contribution in [0.25, 0.3) is 0 Å². The second-order valence-corrected chi connectivity index (χ2v) is 5.49. The summed E-state index contributed by atoms with van der Waals surface area (Å²) in [5.74, 6) is 1.04. The molecule has 1 aliphatic carbocycles. The second kappa shape index (κ2) is 6.75. The van der Waals surface area contributed by atoms with Gasteiger partial charge in [-0.1, -0.05) is 12.2 Å². The minimum Gasteiger partial charge on any atom is -0.495 e. The molecule has 20 heavy (non-hydrogen) atoms. The summed E-state index contributed by atoms with van der Waals surface area (Å²) < 4.78 is 5.52. The lowest BCUT2D eigenvalue weighted by Gasteiger charge is -2.36. The predicted octanol–water partition coefficient (Wildman–Crippen LogP) is 1.96. The van der Waals surface area contributed by atoms with Crippen molar-refractivity contribution < 1.29 is 9.53 Å². The maximum Gasteiger partial charge on any atom is 0.138 e. The van der Waals surface area contributed by atoms with Crippen molar-refractivity contribution in [2.75, 3.05) is 40.3 Å². The van der Waals surface area contributed by atoms with Crippen molar-refractivity contribution in [2.45, 2.75) is 19.3 Å².